The maximum absolute atomic E-state index is 10.5. The zero-order valence-corrected chi connectivity index (χ0v) is 16.1. The average Bonchev–Trinajstić information content (AvgIpc) is 3.13. The first kappa shape index (κ1) is 18.3. The van der Waals surface area contributed by atoms with Crippen molar-refractivity contribution in [3.63, 3.8) is 0 Å². The fraction of sp³-hybridized carbons (Fsp3) is 0.200. The fourth-order valence-electron chi connectivity index (χ4n) is 3.57. The molecule has 28 heavy (non-hydrogen) atoms. The molecule has 3 nitrogen and oxygen atoms in total. The summed E-state index contributed by atoms with van der Waals surface area (Å²) >= 11 is 0. The third-order valence-electron chi connectivity index (χ3n) is 5.11. The number of hydrogen-bond acceptors (Lipinski definition) is 3. The largest absolute Gasteiger partial charge is 0.508 e. The number of hydrogen-bond donors (Lipinski definition) is 1. The first-order valence-electron chi connectivity index (χ1n) is 9.69. The summed E-state index contributed by atoms with van der Waals surface area (Å²) in [4.78, 5) is 2.24. The Kier molecular flexibility index (Phi) is 5.45. The van der Waals surface area contributed by atoms with Crippen LogP contribution in [0.1, 0.15) is 22.5 Å². The molecule has 0 saturated carbocycles. The van der Waals surface area contributed by atoms with Crippen LogP contribution >= 0.6 is 0 Å². The summed E-state index contributed by atoms with van der Waals surface area (Å²) in [5.41, 5.74) is 4.30. The lowest BCUT2D eigenvalue weighted by Crippen LogP contribution is -2.20. The van der Waals surface area contributed by atoms with E-state index < -0.39 is 0 Å². The molecule has 0 atom stereocenters. The highest BCUT2D eigenvalue weighted by atomic mass is 16.3. The van der Waals surface area contributed by atoms with Crippen molar-refractivity contribution in [1.29, 1.82) is 0 Å². The van der Waals surface area contributed by atoms with Gasteiger partial charge in [0, 0.05) is 30.5 Å². The van der Waals surface area contributed by atoms with Gasteiger partial charge in [-0.3, -0.25) is 0 Å². The van der Waals surface area contributed by atoms with Gasteiger partial charge in [0.2, 0.25) is 0 Å². The van der Waals surface area contributed by atoms with E-state index in [0.29, 0.717) is 12.3 Å². The molecule has 4 rings (SSSR count). The number of furan rings is 1. The number of nitrogens with zero attached hydrogens (tertiary/aromatic N) is 1. The van der Waals surface area contributed by atoms with Crippen LogP contribution in [0.4, 0.5) is 0 Å². The van der Waals surface area contributed by atoms with E-state index in [1.54, 1.807) is 6.07 Å². The first-order valence-corrected chi connectivity index (χ1v) is 9.69. The van der Waals surface area contributed by atoms with Crippen molar-refractivity contribution in [3.05, 3.63) is 101 Å². The predicted molar refractivity (Wildman–Crippen MR) is 114 cm³/mol. The lowest BCUT2D eigenvalue weighted by Gasteiger charge is -2.18. The van der Waals surface area contributed by atoms with Crippen LogP contribution in [-0.2, 0) is 19.4 Å². The number of phenolic OH excluding ortho intramolecular Hbond substituents is 1. The van der Waals surface area contributed by atoms with E-state index in [9.17, 15) is 5.11 Å². The van der Waals surface area contributed by atoms with E-state index in [-0.39, 0.29) is 0 Å². The minimum Gasteiger partial charge on any atom is -0.508 e. The van der Waals surface area contributed by atoms with Gasteiger partial charge in [0.15, 0.2) is 0 Å². The smallest absolute Gasteiger partial charge is 0.134 e. The van der Waals surface area contributed by atoms with Crippen LogP contribution in [-0.4, -0.2) is 23.6 Å². The van der Waals surface area contributed by atoms with Gasteiger partial charge in [0.1, 0.15) is 17.1 Å². The van der Waals surface area contributed by atoms with Crippen LogP contribution in [0, 0.1) is 0 Å². The van der Waals surface area contributed by atoms with Crippen molar-refractivity contribution < 1.29 is 9.52 Å². The van der Waals surface area contributed by atoms with Crippen LogP contribution in [0.3, 0.4) is 0 Å². The molecule has 0 aliphatic carbocycles. The molecule has 4 aromatic rings. The van der Waals surface area contributed by atoms with Crippen molar-refractivity contribution in [3.8, 4) is 5.75 Å². The Balaban J connectivity index is 1.51. The van der Waals surface area contributed by atoms with Gasteiger partial charge < -0.3 is 14.4 Å². The van der Waals surface area contributed by atoms with Crippen molar-refractivity contribution in [1.82, 2.24) is 4.90 Å². The lowest BCUT2D eigenvalue weighted by atomic mass is 10.1. The zero-order valence-electron chi connectivity index (χ0n) is 16.1. The molecule has 1 N–H and O–H groups in total. The van der Waals surface area contributed by atoms with Gasteiger partial charge in [-0.2, -0.15) is 0 Å². The highest BCUT2D eigenvalue weighted by molar-refractivity contribution is 5.84. The Labute approximate surface area is 165 Å². The minimum absolute atomic E-state index is 0.325. The highest BCUT2D eigenvalue weighted by Gasteiger charge is 2.14. The van der Waals surface area contributed by atoms with Gasteiger partial charge in [0.25, 0.3) is 0 Å². The highest BCUT2D eigenvalue weighted by Crippen LogP contribution is 2.31. The Bertz CT molecular complexity index is 1040. The first-order chi connectivity index (χ1) is 13.7. The molecule has 3 aromatic carbocycles. The molecule has 0 aliphatic rings. The number of benzene rings is 3. The molecule has 0 aliphatic heterocycles. The van der Waals surface area contributed by atoms with Crippen LogP contribution in [0.5, 0.6) is 5.75 Å². The molecule has 0 unspecified atom stereocenters. The van der Waals surface area contributed by atoms with Crippen LogP contribution in [0.25, 0.3) is 11.0 Å². The van der Waals surface area contributed by atoms with Crippen molar-refractivity contribution >= 4 is 11.0 Å². The summed E-state index contributed by atoms with van der Waals surface area (Å²) in [6, 6.07) is 26.4. The van der Waals surface area contributed by atoms with E-state index >= 15 is 0 Å². The second-order valence-electron chi connectivity index (χ2n) is 7.32. The van der Waals surface area contributed by atoms with Crippen molar-refractivity contribution in [2.45, 2.75) is 19.4 Å². The fourth-order valence-corrected chi connectivity index (χ4v) is 3.57. The molecule has 0 radical (unpaired) electrons. The Hall–Kier alpha value is -3.04. The molecule has 0 spiro atoms. The number of likely N-dealkylation sites (N-methyl/N-ethyl adjacent to an activating group) is 1. The van der Waals surface area contributed by atoms with E-state index in [1.807, 2.05) is 30.3 Å². The molecule has 0 bridgehead atoms. The van der Waals surface area contributed by atoms with Crippen molar-refractivity contribution in [2.24, 2.45) is 0 Å². The molecule has 1 aromatic heterocycles. The van der Waals surface area contributed by atoms with E-state index in [4.69, 9.17) is 4.42 Å². The van der Waals surface area contributed by atoms with Crippen LogP contribution in [0.2, 0.25) is 0 Å². The molecular weight excluding hydrogens is 346 g/mol. The third kappa shape index (κ3) is 4.26. The summed E-state index contributed by atoms with van der Waals surface area (Å²) in [5.74, 6) is 1.24. The number of rotatable bonds is 7. The quantitative estimate of drug-likeness (QED) is 0.472. The summed E-state index contributed by atoms with van der Waals surface area (Å²) in [6.07, 6.45) is 1.73. The average molecular weight is 371 g/mol. The molecule has 0 fully saturated rings. The van der Waals surface area contributed by atoms with Crippen LogP contribution < -0.4 is 0 Å². The summed E-state index contributed by atoms with van der Waals surface area (Å²) < 4.78 is 6.05. The third-order valence-corrected chi connectivity index (χ3v) is 5.11. The Morgan fingerprint density at radius 2 is 1.54 bits per heavy atom. The van der Waals surface area contributed by atoms with E-state index in [1.165, 1.54) is 11.1 Å². The van der Waals surface area contributed by atoms with Gasteiger partial charge in [-0.05, 0) is 42.8 Å². The standard InChI is InChI=1S/C25H25NO2/c1-26(15-14-19-8-4-2-5-9-19)18-23-22-17-21(16-20-10-6-3-7-11-20)28-25(22)13-12-24(23)27/h2-13,17,27H,14-16,18H2,1H3. The number of fused-ring (bicyclic) bond motifs is 1. The maximum atomic E-state index is 10.5. The number of phenols is 1. The topological polar surface area (TPSA) is 36.6 Å². The van der Waals surface area contributed by atoms with Crippen LogP contribution in [0.15, 0.2) is 83.3 Å². The lowest BCUT2D eigenvalue weighted by molar-refractivity contribution is 0.325. The van der Waals surface area contributed by atoms with Gasteiger partial charge >= 0.3 is 0 Å². The summed E-state index contributed by atoms with van der Waals surface area (Å²) in [6.45, 7) is 1.61. The van der Waals surface area contributed by atoms with Crippen molar-refractivity contribution in [2.75, 3.05) is 13.6 Å². The normalized spacial score (nSPS) is 11.4. The molecule has 142 valence electrons. The zero-order chi connectivity index (χ0) is 19.3. The summed E-state index contributed by atoms with van der Waals surface area (Å²) in [5, 5.41) is 11.5. The molecule has 0 amide bonds. The van der Waals surface area contributed by atoms with Gasteiger partial charge in [0.05, 0.1) is 0 Å². The molecule has 0 saturated heterocycles. The summed E-state index contributed by atoms with van der Waals surface area (Å²) in [7, 11) is 2.09. The van der Waals surface area contributed by atoms with E-state index in [0.717, 1.165) is 41.7 Å². The SMILES string of the molecule is CN(CCc1ccccc1)Cc1c(O)ccc2oc(Cc3ccccc3)cc12. The minimum atomic E-state index is 0.325. The maximum Gasteiger partial charge on any atom is 0.134 e. The Morgan fingerprint density at radius 3 is 2.25 bits per heavy atom. The molecule has 3 heteroatoms. The van der Waals surface area contributed by atoms with Gasteiger partial charge in [-0.15, -0.1) is 0 Å². The van der Waals surface area contributed by atoms with Gasteiger partial charge in [-0.1, -0.05) is 60.7 Å². The second-order valence-corrected chi connectivity index (χ2v) is 7.32. The monoisotopic (exact) mass is 371 g/mol. The molecular formula is C25H25NO2. The molecule has 1 heterocycles. The number of aromatic hydroxyl groups is 1. The predicted octanol–water partition coefficient (Wildman–Crippen LogP) is 5.40. The van der Waals surface area contributed by atoms with Gasteiger partial charge in [-0.25, -0.2) is 0 Å². The Morgan fingerprint density at radius 1 is 0.857 bits per heavy atom. The van der Waals surface area contributed by atoms with E-state index in [2.05, 4.69) is 54.4 Å². The second kappa shape index (κ2) is 8.32.